The minimum Gasteiger partial charge on any atom is -0.334 e. The van der Waals surface area contributed by atoms with Crippen LogP contribution in [0.1, 0.15) is 0 Å². The number of imidazole rings is 1. The second-order valence-electron chi connectivity index (χ2n) is 2.60. The van der Waals surface area contributed by atoms with E-state index in [1.165, 1.54) is 0 Å². The molecule has 0 unspecified atom stereocenters. The highest BCUT2D eigenvalue weighted by atomic mass is 15.0. The molecule has 1 aromatic carbocycles. The molecule has 1 heterocycles. The van der Waals surface area contributed by atoms with Crippen molar-refractivity contribution in [2.24, 2.45) is 7.05 Å². The quantitative estimate of drug-likeness (QED) is 0.485. The van der Waals surface area contributed by atoms with Gasteiger partial charge >= 0.3 is 0 Å². The lowest BCUT2D eigenvalue weighted by Crippen LogP contribution is -1.99. The van der Waals surface area contributed by atoms with Gasteiger partial charge in [-0.3, -0.25) is 0 Å². The van der Waals surface area contributed by atoms with Crippen molar-refractivity contribution in [3.63, 3.8) is 0 Å². The molecule has 0 bridgehead atoms. The summed E-state index contributed by atoms with van der Waals surface area (Å²) in [6, 6.07) is 5.72. The number of fused-ring (bicyclic) bond motifs is 1. The predicted molar refractivity (Wildman–Crippen MR) is 46.1 cm³/mol. The fourth-order valence-electron chi connectivity index (χ4n) is 1.15. The largest absolute Gasteiger partial charge is 0.334 e. The summed E-state index contributed by atoms with van der Waals surface area (Å²) in [5.74, 6) is 0. The van der Waals surface area contributed by atoms with Gasteiger partial charge in [-0.05, 0) is 12.1 Å². The van der Waals surface area contributed by atoms with Gasteiger partial charge in [0.1, 0.15) is 7.85 Å². The predicted octanol–water partition coefficient (Wildman–Crippen LogP) is 0.367. The van der Waals surface area contributed by atoms with Crippen LogP contribution in [0.15, 0.2) is 24.5 Å². The summed E-state index contributed by atoms with van der Waals surface area (Å²) in [4.78, 5) is 4.16. The third-order valence-electron chi connectivity index (χ3n) is 1.75. The first-order valence-corrected chi connectivity index (χ1v) is 3.44. The van der Waals surface area contributed by atoms with Crippen molar-refractivity contribution in [1.82, 2.24) is 9.55 Å². The number of benzene rings is 1. The van der Waals surface area contributed by atoms with Crippen molar-refractivity contribution in [3.05, 3.63) is 24.5 Å². The summed E-state index contributed by atoms with van der Waals surface area (Å²) in [6.45, 7) is 0. The molecule has 0 saturated carbocycles. The van der Waals surface area contributed by atoms with E-state index in [-0.39, 0.29) is 0 Å². The van der Waals surface area contributed by atoms with Gasteiger partial charge in [0.25, 0.3) is 0 Å². The molecule has 2 aromatic rings. The highest BCUT2D eigenvalue weighted by molar-refractivity contribution is 6.33. The molecule has 0 atom stereocenters. The molecular formula is C8H7BN2. The fourth-order valence-corrected chi connectivity index (χ4v) is 1.15. The normalized spacial score (nSPS) is 10.6. The van der Waals surface area contributed by atoms with Crippen LogP contribution in [0.2, 0.25) is 0 Å². The van der Waals surface area contributed by atoms with Crippen molar-refractivity contribution in [2.45, 2.75) is 0 Å². The number of rotatable bonds is 0. The van der Waals surface area contributed by atoms with E-state index in [2.05, 4.69) is 4.98 Å². The first-order chi connectivity index (χ1) is 5.27. The zero-order valence-corrected chi connectivity index (χ0v) is 6.28. The maximum absolute atomic E-state index is 5.58. The Morgan fingerprint density at radius 1 is 1.45 bits per heavy atom. The Labute approximate surface area is 66.3 Å². The Balaban J connectivity index is 2.86. The molecule has 0 fully saturated rings. The van der Waals surface area contributed by atoms with E-state index in [4.69, 9.17) is 7.85 Å². The van der Waals surface area contributed by atoms with Crippen LogP contribution >= 0.6 is 0 Å². The highest BCUT2D eigenvalue weighted by Crippen LogP contribution is 2.07. The molecule has 0 N–H and O–H groups in total. The molecule has 0 aliphatic carbocycles. The van der Waals surface area contributed by atoms with E-state index in [1.807, 2.05) is 29.8 Å². The van der Waals surface area contributed by atoms with Gasteiger partial charge in [-0.2, -0.15) is 0 Å². The zero-order valence-electron chi connectivity index (χ0n) is 6.28. The minimum absolute atomic E-state index is 0.760. The van der Waals surface area contributed by atoms with Gasteiger partial charge in [-0.15, -0.1) is 0 Å². The lowest BCUT2D eigenvalue weighted by molar-refractivity contribution is 0.948. The molecule has 2 radical (unpaired) electrons. The van der Waals surface area contributed by atoms with Crippen LogP contribution in [-0.4, -0.2) is 17.4 Å². The molecule has 0 saturated heterocycles. The molecule has 0 aliphatic heterocycles. The fraction of sp³-hybridized carbons (Fsp3) is 0.125. The maximum atomic E-state index is 5.58. The van der Waals surface area contributed by atoms with Crippen LogP contribution in [0.25, 0.3) is 11.0 Å². The number of aromatic nitrogens is 2. The van der Waals surface area contributed by atoms with Crippen LogP contribution in [0.5, 0.6) is 0 Å². The summed E-state index contributed by atoms with van der Waals surface area (Å²) in [6.07, 6.45) is 1.78. The van der Waals surface area contributed by atoms with E-state index in [0.717, 1.165) is 16.5 Å². The van der Waals surface area contributed by atoms with Crippen molar-refractivity contribution in [1.29, 1.82) is 0 Å². The topological polar surface area (TPSA) is 17.8 Å². The van der Waals surface area contributed by atoms with Gasteiger partial charge in [-0.1, -0.05) is 11.5 Å². The van der Waals surface area contributed by atoms with Gasteiger partial charge in [-0.25, -0.2) is 4.98 Å². The molecule has 0 aliphatic rings. The van der Waals surface area contributed by atoms with Crippen molar-refractivity contribution < 1.29 is 0 Å². The lowest BCUT2D eigenvalue weighted by atomic mass is 9.96. The van der Waals surface area contributed by atoms with E-state index in [1.54, 1.807) is 6.33 Å². The molecule has 0 spiro atoms. The number of nitrogens with zero attached hydrogens (tertiary/aromatic N) is 2. The third-order valence-corrected chi connectivity index (χ3v) is 1.75. The summed E-state index contributed by atoms with van der Waals surface area (Å²) < 4.78 is 1.97. The second-order valence-corrected chi connectivity index (χ2v) is 2.60. The summed E-state index contributed by atoms with van der Waals surface area (Å²) in [7, 11) is 7.55. The van der Waals surface area contributed by atoms with Gasteiger partial charge in [0, 0.05) is 7.05 Å². The Hall–Kier alpha value is -1.25. The zero-order chi connectivity index (χ0) is 7.84. The van der Waals surface area contributed by atoms with Crippen molar-refractivity contribution in [3.8, 4) is 0 Å². The smallest absolute Gasteiger partial charge is 0.113 e. The van der Waals surface area contributed by atoms with E-state index in [9.17, 15) is 0 Å². The average Bonchev–Trinajstić information content (AvgIpc) is 2.32. The number of hydrogen-bond donors (Lipinski definition) is 0. The van der Waals surface area contributed by atoms with Crippen LogP contribution in [0, 0.1) is 0 Å². The van der Waals surface area contributed by atoms with Gasteiger partial charge in [0.05, 0.1) is 17.4 Å². The molecule has 3 heteroatoms. The monoisotopic (exact) mass is 142 g/mol. The summed E-state index contributed by atoms with van der Waals surface area (Å²) in [5, 5.41) is 0. The standard InChI is InChI=1S/C8H7BN2/c1-11-5-10-7-4-6(9)2-3-8(7)11/h2-5H,1H3. The van der Waals surface area contributed by atoms with E-state index < -0.39 is 0 Å². The lowest BCUT2D eigenvalue weighted by Gasteiger charge is -1.94. The van der Waals surface area contributed by atoms with Gasteiger partial charge < -0.3 is 4.57 Å². The number of hydrogen-bond acceptors (Lipinski definition) is 1. The first-order valence-electron chi connectivity index (χ1n) is 3.44. The first kappa shape index (κ1) is 6.46. The van der Waals surface area contributed by atoms with Gasteiger partial charge in [0.2, 0.25) is 0 Å². The molecule has 52 valence electrons. The van der Waals surface area contributed by atoms with E-state index >= 15 is 0 Å². The molecule has 1 aromatic heterocycles. The van der Waals surface area contributed by atoms with Crippen LogP contribution in [-0.2, 0) is 7.05 Å². The molecular weight excluding hydrogens is 135 g/mol. The van der Waals surface area contributed by atoms with Crippen molar-refractivity contribution in [2.75, 3.05) is 0 Å². The average molecular weight is 142 g/mol. The van der Waals surface area contributed by atoms with Gasteiger partial charge in [0.15, 0.2) is 0 Å². The Morgan fingerprint density at radius 2 is 2.27 bits per heavy atom. The Kier molecular flexibility index (Phi) is 1.25. The third kappa shape index (κ3) is 0.927. The van der Waals surface area contributed by atoms with Crippen molar-refractivity contribution >= 4 is 24.3 Å². The second kappa shape index (κ2) is 2.12. The Bertz CT molecular complexity index is 392. The van der Waals surface area contributed by atoms with Crippen LogP contribution in [0.4, 0.5) is 0 Å². The highest BCUT2D eigenvalue weighted by Gasteiger charge is 1.96. The minimum atomic E-state index is 0.760. The molecule has 2 rings (SSSR count). The molecule has 0 amide bonds. The molecule has 2 nitrogen and oxygen atoms in total. The maximum Gasteiger partial charge on any atom is 0.113 e. The van der Waals surface area contributed by atoms with E-state index in [0.29, 0.717) is 0 Å². The van der Waals surface area contributed by atoms with Crippen LogP contribution < -0.4 is 5.46 Å². The SMILES string of the molecule is [B]c1ccc2c(c1)ncn2C. The summed E-state index contributed by atoms with van der Waals surface area (Å²) in [5.41, 5.74) is 2.82. The number of aryl methyl sites for hydroxylation is 1. The molecule has 11 heavy (non-hydrogen) atoms. The Morgan fingerprint density at radius 3 is 3.09 bits per heavy atom. The van der Waals surface area contributed by atoms with Crippen LogP contribution in [0.3, 0.4) is 0 Å². The summed E-state index contributed by atoms with van der Waals surface area (Å²) >= 11 is 0.